The van der Waals surface area contributed by atoms with E-state index in [4.69, 9.17) is 10.5 Å². The first-order valence-corrected chi connectivity index (χ1v) is 7.73. The van der Waals surface area contributed by atoms with Crippen molar-refractivity contribution >= 4 is 17.6 Å². The molecule has 0 amide bonds. The summed E-state index contributed by atoms with van der Waals surface area (Å²) in [5, 5.41) is 2.90. The fourth-order valence-electron chi connectivity index (χ4n) is 2.99. The third kappa shape index (κ3) is 2.86. The Balaban J connectivity index is 2.30. The molecule has 0 aliphatic carbocycles. The molecule has 8 heteroatoms. The summed E-state index contributed by atoms with van der Waals surface area (Å²) in [6.45, 7) is 3.50. The van der Waals surface area contributed by atoms with Crippen molar-refractivity contribution in [3.8, 4) is 0 Å². The number of nitrogen functional groups attached to an aromatic ring is 1. The van der Waals surface area contributed by atoms with Crippen molar-refractivity contribution in [3.05, 3.63) is 63.0 Å². The first-order valence-electron chi connectivity index (χ1n) is 7.73. The normalized spacial score (nSPS) is 16.2. The number of hydrogen-bond acceptors (Lipinski definition) is 6. The Morgan fingerprint density at radius 1 is 1.40 bits per heavy atom. The summed E-state index contributed by atoms with van der Waals surface area (Å²) in [7, 11) is 0. The van der Waals surface area contributed by atoms with Crippen molar-refractivity contribution in [3.63, 3.8) is 0 Å². The standard InChI is InChI=1S/C17H17FN4O3/c1-3-25-16(23)11-8(2)20-15-13(14(19)21-17(24)22-15)12(11)9-6-4-5-7-10(9)18/h4-7,12H,3H2,1-2H3,(H4,19,20,21,22,24). The number of aromatic amines is 1. The highest BCUT2D eigenvalue weighted by Gasteiger charge is 2.37. The van der Waals surface area contributed by atoms with Crippen LogP contribution in [0.15, 0.2) is 40.3 Å². The van der Waals surface area contributed by atoms with E-state index in [1.807, 2.05) is 0 Å². The number of carbonyl (C=O) groups excluding carboxylic acids is 1. The monoisotopic (exact) mass is 344 g/mol. The second-order valence-corrected chi connectivity index (χ2v) is 5.56. The minimum atomic E-state index is -0.846. The summed E-state index contributed by atoms with van der Waals surface area (Å²) in [5.41, 5.74) is 6.56. The summed E-state index contributed by atoms with van der Waals surface area (Å²) < 4.78 is 19.6. The molecule has 1 unspecified atom stereocenters. The largest absolute Gasteiger partial charge is 0.463 e. The quantitative estimate of drug-likeness (QED) is 0.734. The number of esters is 1. The van der Waals surface area contributed by atoms with Gasteiger partial charge in [-0.05, 0) is 19.9 Å². The van der Waals surface area contributed by atoms with Gasteiger partial charge in [0.2, 0.25) is 0 Å². The first kappa shape index (κ1) is 16.7. The topological polar surface area (TPSA) is 110 Å². The average molecular weight is 344 g/mol. The van der Waals surface area contributed by atoms with Crippen LogP contribution in [-0.4, -0.2) is 22.5 Å². The molecule has 1 aliphatic heterocycles. The predicted octanol–water partition coefficient (Wildman–Crippen LogP) is 1.89. The van der Waals surface area contributed by atoms with E-state index < -0.39 is 23.4 Å². The van der Waals surface area contributed by atoms with Gasteiger partial charge >= 0.3 is 11.7 Å². The van der Waals surface area contributed by atoms with Crippen molar-refractivity contribution in [1.29, 1.82) is 0 Å². The molecule has 25 heavy (non-hydrogen) atoms. The predicted molar refractivity (Wildman–Crippen MR) is 90.5 cm³/mol. The first-order chi connectivity index (χ1) is 11.9. The van der Waals surface area contributed by atoms with Crippen LogP contribution in [0.4, 0.5) is 16.0 Å². The number of aromatic nitrogens is 2. The average Bonchev–Trinajstić information content (AvgIpc) is 2.53. The number of benzene rings is 1. The van der Waals surface area contributed by atoms with Gasteiger partial charge in [0.25, 0.3) is 0 Å². The highest BCUT2D eigenvalue weighted by atomic mass is 19.1. The van der Waals surface area contributed by atoms with E-state index in [0.717, 1.165) is 0 Å². The van der Waals surface area contributed by atoms with Crippen LogP contribution in [0.25, 0.3) is 0 Å². The Hall–Kier alpha value is -3.16. The Kier molecular flexibility index (Phi) is 4.26. The van der Waals surface area contributed by atoms with E-state index in [1.165, 1.54) is 6.07 Å². The van der Waals surface area contributed by atoms with Gasteiger partial charge in [-0.25, -0.2) is 14.0 Å². The lowest BCUT2D eigenvalue weighted by molar-refractivity contribution is -0.138. The number of nitrogens with two attached hydrogens (primary N) is 1. The van der Waals surface area contributed by atoms with Crippen LogP contribution in [0.1, 0.15) is 30.9 Å². The summed E-state index contributed by atoms with van der Waals surface area (Å²) in [6, 6.07) is 6.07. The van der Waals surface area contributed by atoms with Crippen LogP contribution >= 0.6 is 0 Å². The van der Waals surface area contributed by atoms with E-state index in [0.29, 0.717) is 11.3 Å². The Morgan fingerprint density at radius 2 is 2.12 bits per heavy atom. The van der Waals surface area contributed by atoms with E-state index in [9.17, 15) is 14.0 Å². The minimum absolute atomic E-state index is 0.0186. The zero-order valence-electron chi connectivity index (χ0n) is 13.7. The number of halogens is 1. The molecule has 0 saturated carbocycles. The number of hydrogen-bond donors (Lipinski definition) is 3. The van der Waals surface area contributed by atoms with E-state index in [2.05, 4.69) is 15.3 Å². The summed E-state index contributed by atoms with van der Waals surface area (Å²) >= 11 is 0. The molecule has 1 aliphatic rings. The van der Waals surface area contributed by atoms with Gasteiger partial charge in [-0.1, -0.05) is 18.2 Å². The molecular formula is C17H17FN4O3. The Bertz CT molecular complexity index is 936. The van der Waals surface area contributed by atoms with Crippen LogP contribution in [0, 0.1) is 5.82 Å². The van der Waals surface area contributed by atoms with Gasteiger partial charge in [0.05, 0.1) is 18.1 Å². The van der Waals surface area contributed by atoms with Crippen LogP contribution in [0.2, 0.25) is 0 Å². The molecule has 0 fully saturated rings. The molecule has 0 saturated heterocycles. The van der Waals surface area contributed by atoms with E-state index in [-0.39, 0.29) is 29.4 Å². The molecule has 4 N–H and O–H groups in total. The number of nitrogens with one attached hydrogen (secondary N) is 2. The second-order valence-electron chi connectivity index (χ2n) is 5.56. The maximum absolute atomic E-state index is 14.5. The molecule has 0 bridgehead atoms. The van der Waals surface area contributed by atoms with Gasteiger partial charge in [0.15, 0.2) is 0 Å². The fraction of sp³-hybridized carbons (Fsp3) is 0.235. The third-order valence-electron chi connectivity index (χ3n) is 4.00. The smallest absolute Gasteiger partial charge is 0.348 e. The van der Waals surface area contributed by atoms with E-state index in [1.54, 1.807) is 32.0 Å². The van der Waals surface area contributed by atoms with Gasteiger partial charge in [-0.2, -0.15) is 4.98 Å². The second kappa shape index (κ2) is 6.39. The zero-order chi connectivity index (χ0) is 18.1. The summed E-state index contributed by atoms with van der Waals surface area (Å²) in [6.07, 6.45) is 0. The van der Waals surface area contributed by atoms with Crippen LogP contribution in [0.3, 0.4) is 0 Å². The highest BCUT2D eigenvalue weighted by molar-refractivity contribution is 5.95. The van der Waals surface area contributed by atoms with Crippen LogP contribution in [0.5, 0.6) is 0 Å². The number of rotatable bonds is 3. The molecule has 1 aromatic carbocycles. The van der Waals surface area contributed by atoms with Gasteiger partial charge in [0, 0.05) is 16.8 Å². The molecule has 3 rings (SSSR count). The summed E-state index contributed by atoms with van der Waals surface area (Å²) in [4.78, 5) is 30.4. The lowest BCUT2D eigenvalue weighted by atomic mass is 9.81. The minimum Gasteiger partial charge on any atom is -0.463 e. The van der Waals surface area contributed by atoms with Crippen molar-refractivity contribution < 1.29 is 13.9 Å². The fourth-order valence-corrected chi connectivity index (χ4v) is 2.99. The van der Waals surface area contributed by atoms with Crippen molar-refractivity contribution in [1.82, 2.24) is 9.97 Å². The van der Waals surface area contributed by atoms with Gasteiger partial charge in [-0.3, -0.25) is 4.98 Å². The van der Waals surface area contributed by atoms with Crippen molar-refractivity contribution in [2.45, 2.75) is 19.8 Å². The molecule has 2 aromatic rings. The molecule has 7 nitrogen and oxygen atoms in total. The molecular weight excluding hydrogens is 327 g/mol. The Morgan fingerprint density at radius 3 is 2.80 bits per heavy atom. The number of fused-ring (bicyclic) bond motifs is 1. The van der Waals surface area contributed by atoms with Crippen molar-refractivity contribution in [2.75, 3.05) is 17.7 Å². The lowest BCUT2D eigenvalue weighted by Crippen LogP contribution is -2.29. The molecule has 0 radical (unpaired) electrons. The van der Waals surface area contributed by atoms with Crippen molar-refractivity contribution in [2.24, 2.45) is 0 Å². The number of anilines is 2. The lowest BCUT2D eigenvalue weighted by Gasteiger charge is -2.30. The number of H-pyrrole nitrogens is 1. The SMILES string of the molecule is CCOC(=O)C1=C(C)Nc2nc(=O)[nH]c(N)c2C1c1ccccc1F. The zero-order valence-corrected chi connectivity index (χ0v) is 13.7. The number of allylic oxidation sites excluding steroid dienone is 1. The molecule has 1 aromatic heterocycles. The van der Waals surface area contributed by atoms with Crippen LogP contribution in [-0.2, 0) is 9.53 Å². The maximum atomic E-state index is 14.5. The molecule has 1 atom stereocenters. The van der Waals surface area contributed by atoms with Crippen LogP contribution < -0.4 is 16.7 Å². The van der Waals surface area contributed by atoms with E-state index >= 15 is 0 Å². The molecule has 130 valence electrons. The van der Waals surface area contributed by atoms with Gasteiger partial charge in [-0.15, -0.1) is 0 Å². The third-order valence-corrected chi connectivity index (χ3v) is 4.00. The number of nitrogens with zero attached hydrogens (tertiary/aromatic N) is 1. The molecule has 2 heterocycles. The molecule has 0 spiro atoms. The van der Waals surface area contributed by atoms with Gasteiger partial charge < -0.3 is 15.8 Å². The number of ether oxygens (including phenoxy) is 1. The maximum Gasteiger partial charge on any atom is 0.348 e. The summed E-state index contributed by atoms with van der Waals surface area (Å²) in [5.74, 6) is -1.72. The Labute approximate surface area is 142 Å². The van der Waals surface area contributed by atoms with Gasteiger partial charge in [0.1, 0.15) is 17.5 Å². The highest BCUT2D eigenvalue weighted by Crippen LogP contribution is 2.43. The number of carbonyl (C=O) groups is 1.